The van der Waals surface area contributed by atoms with Crippen LogP contribution < -0.4 is 10.1 Å². The molecule has 1 N–H and O–H groups in total. The molecule has 0 aromatic heterocycles. The molecule has 1 atom stereocenters. The number of benzene rings is 1. The minimum atomic E-state index is 0. The molecule has 1 aliphatic rings. The quantitative estimate of drug-likeness (QED) is 0.854. The van der Waals surface area contributed by atoms with Crippen molar-refractivity contribution in [2.45, 2.75) is 19.8 Å². The van der Waals surface area contributed by atoms with Crippen LogP contribution in [-0.4, -0.2) is 25.5 Å². The number of rotatable bonds is 4. The summed E-state index contributed by atoms with van der Waals surface area (Å²) in [6.45, 7) is 4.51. The molecule has 1 aromatic carbocycles. The Morgan fingerprint density at radius 1 is 1.39 bits per heavy atom. The Morgan fingerprint density at radius 2 is 2.11 bits per heavy atom. The van der Waals surface area contributed by atoms with Gasteiger partial charge in [-0.3, -0.25) is 4.79 Å². The van der Waals surface area contributed by atoms with Crippen molar-refractivity contribution >= 4 is 18.2 Å². The third-order valence-electron chi connectivity index (χ3n) is 3.15. The number of ketones is 1. The van der Waals surface area contributed by atoms with Crippen LogP contribution in [0, 0.1) is 5.92 Å². The van der Waals surface area contributed by atoms with Gasteiger partial charge in [0.2, 0.25) is 0 Å². The topological polar surface area (TPSA) is 38.3 Å². The molecule has 1 heterocycles. The van der Waals surface area contributed by atoms with Crippen LogP contribution in [0.3, 0.4) is 0 Å². The fourth-order valence-electron chi connectivity index (χ4n) is 2.07. The molecule has 1 fully saturated rings. The lowest BCUT2D eigenvalue weighted by Gasteiger charge is -2.22. The van der Waals surface area contributed by atoms with Crippen LogP contribution in [0.1, 0.15) is 30.1 Å². The Bertz CT molecular complexity index is 372. The Balaban J connectivity index is 0.00000162. The predicted octanol–water partition coefficient (Wildman–Crippen LogP) is 2.69. The molecule has 1 unspecified atom stereocenters. The molecule has 4 heteroatoms. The van der Waals surface area contributed by atoms with E-state index in [4.69, 9.17) is 4.74 Å². The highest BCUT2D eigenvalue weighted by atomic mass is 35.5. The second kappa shape index (κ2) is 7.39. The second-order valence-corrected chi connectivity index (χ2v) is 4.60. The van der Waals surface area contributed by atoms with E-state index in [2.05, 4.69) is 5.32 Å². The molecule has 0 amide bonds. The van der Waals surface area contributed by atoms with Gasteiger partial charge in [-0.15, -0.1) is 12.4 Å². The minimum Gasteiger partial charge on any atom is -0.493 e. The first kappa shape index (κ1) is 15.0. The highest BCUT2D eigenvalue weighted by Crippen LogP contribution is 2.16. The number of piperidine rings is 1. The van der Waals surface area contributed by atoms with Crippen molar-refractivity contribution in [2.75, 3.05) is 19.7 Å². The zero-order valence-corrected chi connectivity index (χ0v) is 11.5. The van der Waals surface area contributed by atoms with Gasteiger partial charge < -0.3 is 10.1 Å². The molecule has 0 aliphatic carbocycles. The standard InChI is InChI=1S/C14H19NO2.ClH/c1-11(16)13-4-6-14(7-5-13)17-10-12-3-2-8-15-9-12;/h4-7,12,15H,2-3,8-10H2,1H3;1H. The smallest absolute Gasteiger partial charge is 0.159 e. The second-order valence-electron chi connectivity index (χ2n) is 4.60. The number of Topliss-reactive ketones (excluding diaryl/α,β-unsaturated/α-hetero) is 1. The summed E-state index contributed by atoms with van der Waals surface area (Å²) in [6, 6.07) is 7.37. The monoisotopic (exact) mass is 269 g/mol. The summed E-state index contributed by atoms with van der Waals surface area (Å²) in [4.78, 5) is 11.1. The third kappa shape index (κ3) is 4.31. The lowest BCUT2D eigenvalue weighted by Crippen LogP contribution is -2.33. The molecule has 1 aromatic rings. The number of carbonyl (C=O) groups excluding carboxylic acids is 1. The molecular formula is C14H20ClNO2. The van der Waals surface area contributed by atoms with Gasteiger partial charge in [-0.2, -0.15) is 0 Å². The van der Waals surface area contributed by atoms with Crippen LogP contribution in [0.5, 0.6) is 5.75 Å². The van der Waals surface area contributed by atoms with E-state index in [-0.39, 0.29) is 18.2 Å². The molecule has 0 saturated carbocycles. The summed E-state index contributed by atoms with van der Waals surface area (Å²) >= 11 is 0. The number of nitrogens with one attached hydrogen (secondary N) is 1. The van der Waals surface area contributed by atoms with Gasteiger partial charge in [0.15, 0.2) is 5.78 Å². The molecule has 0 spiro atoms. The number of carbonyl (C=O) groups is 1. The molecule has 18 heavy (non-hydrogen) atoms. The third-order valence-corrected chi connectivity index (χ3v) is 3.15. The Hall–Kier alpha value is -1.06. The van der Waals surface area contributed by atoms with Crippen molar-refractivity contribution in [3.8, 4) is 5.75 Å². The van der Waals surface area contributed by atoms with Crippen molar-refractivity contribution < 1.29 is 9.53 Å². The first-order valence-corrected chi connectivity index (χ1v) is 6.20. The Kier molecular flexibility index (Phi) is 6.16. The van der Waals surface area contributed by atoms with E-state index in [0.29, 0.717) is 5.92 Å². The molecular weight excluding hydrogens is 250 g/mol. The normalized spacial score (nSPS) is 18.8. The van der Waals surface area contributed by atoms with Crippen LogP contribution >= 0.6 is 12.4 Å². The highest BCUT2D eigenvalue weighted by molar-refractivity contribution is 5.94. The predicted molar refractivity (Wildman–Crippen MR) is 74.8 cm³/mol. The van der Waals surface area contributed by atoms with Gasteiger partial charge in [0.05, 0.1) is 6.61 Å². The fourth-order valence-corrected chi connectivity index (χ4v) is 2.07. The fraction of sp³-hybridized carbons (Fsp3) is 0.500. The van der Waals surface area contributed by atoms with Crippen LogP contribution in [0.2, 0.25) is 0 Å². The Morgan fingerprint density at radius 3 is 2.67 bits per heavy atom. The van der Waals surface area contributed by atoms with E-state index >= 15 is 0 Å². The average molecular weight is 270 g/mol. The molecule has 1 aliphatic heterocycles. The zero-order valence-electron chi connectivity index (χ0n) is 10.6. The summed E-state index contributed by atoms with van der Waals surface area (Å²) in [6.07, 6.45) is 2.47. The maximum Gasteiger partial charge on any atom is 0.159 e. The van der Waals surface area contributed by atoms with E-state index in [9.17, 15) is 4.79 Å². The summed E-state index contributed by atoms with van der Waals surface area (Å²) in [5.74, 6) is 1.55. The van der Waals surface area contributed by atoms with Gasteiger partial charge in [0.25, 0.3) is 0 Å². The van der Waals surface area contributed by atoms with Crippen molar-refractivity contribution in [1.29, 1.82) is 0 Å². The van der Waals surface area contributed by atoms with Crippen molar-refractivity contribution in [2.24, 2.45) is 5.92 Å². The van der Waals surface area contributed by atoms with Crippen molar-refractivity contribution in [3.63, 3.8) is 0 Å². The first-order chi connectivity index (χ1) is 8.25. The van der Waals surface area contributed by atoms with Crippen molar-refractivity contribution in [1.82, 2.24) is 5.32 Å². The molecule has 1 saturated heterocycles. The number of halogens is 1. The zero-order chi connectivity index (χ0) is 12.1. The van der Waals surface area contributed by atoms with Crippen LogP contribution in [0.25, 0.3) is 0 Å². The summed E-state index contributed by atoms with van der Waals surface area (Å²) in [7, 11) is 0. The van der Waals surface area contributed by atoms with Gasteiger partial charge in [0, 0.05) is 18.0 Å². The molecule has 3 nitrogen and oxygen atoms in total. The maximum atomic E-state index is 11.1. The average Bonchev–Trinajstić information content (AvgIpc) is 2.38. The SMILES string of the molecule is CC(=O)c1ccc(OCC2CCCNC2)cc1.Cl. The summed E-state index contributed by atoms with van der Waals surface area (Å²) in [5.41, 5.74) is 0.733. The van der Waals surface area contributed by atoms with E-state index in [1.165, 1.54) is 12.8 Å². The molecule has 0 radical (unpaired) electrons. The number of ether oxygens (including phenoxy) is 1. The molecule has 0 bridgehead atoms. The first-order valence-electron chi connectivity index (χ1n) is 6.20. The highest BCUT2D eigenvalue weighted by Gasteiger charge is 2.13. The van der Waals surface area contributed by atoms with Crippen molar-refractivity contribution in [3.05, 3.63) is 29.8 Å². The van der Waals surface area contributed by atoms with Gasteiger partial charge in [0.1, 0.15) is 5.75 Å². The van der Waals surface area contributed by atoms with E-state index in [1.54, 1.807) is 6.92 Å². The van der Waals surface area contributed by atoms with Gasteiger partial charge in [-0.25, -0.2) is 0 Å². The van der Waals surface area contributed by atoms with Crippen LogP contribution in [0.15, 0.2) is 24.3 Å². The Labute approximate surface area is 114 Å². The summed E-state index contributed by atoms with van der Waals surface area (Å²) < 4.78 is 5.73. The van der Waals surface area contributed by atoms with E-state index < -0.39 is 0 Å². The molecule has 2 rings (SSSR count). The van der Waals surface area contributed by atoms with Gasteiger partial charge >= 0.3 is 0 Å². The number of hydrogen-bond donors (Lipinski definition) is 1. The molecule has 100 valence electrons. The summed E-state index contributed by atoms with van der Waals surface area (Å²) in [5, 5.41) is 3.37. The lowest BCUT2D eigenvalue weighted by molar-refractivity contribution is 0.101. The van der Waals surface area contributed by atoms with Gasteiger partial charge in [-0.1, -0.05) is 0 Å². The van der Waals surface area contributed by atoms with E-state index in [0.717, 1.165) is 31.0 Å². The minimum absolute atomic E-state index is 0. The van der Waals surface area contributed by atoms with Gasteiger partial charge in [-0.05, 0) is 50.6 Å². The number of hydrogen-bond acceptors (Lipinski definition) is 3. The van der Waals surface area contributed by atoms with Crippen LogP contribution in [-0.2, 0) is 0 Å². The van der Waals surface area contributed by atoms with E-state index in [1.807, 2.05) is 24.3 Å². The largest absolute Gasteiger partial charge is 0.493 e. The maximum absolute atomic E-state index is 11.1. The lowest BCUT2D eigenvalue weighted by atomic mass is 10.0. The van der Waals surface area contributed by atoms with Crippen LogP contribution in [0.4, 0.5) is 0 Å².